The smallest absolute Gasteiger partial charge is 0.267 e. The average Bonchev–Trinajstić information content (AvgIpc) is 2.60. The summed E-state index contributed by atoms with van der Waals surface area (Å²) in [5.41, 5.74) is 1.76. The molecule has 1 heterocycles. The summed E-state index contributed by atoms with van der Waals surface area (Å²) in [6.45, 7) is 4.75. The van der Waals surface area contributed by atoms with E-state index in [2.05, 4.69) is 18.6 Å². The molecule has 0 saturated heterocycles. The van der Waals surface area contributed by atoms with Gasteiger partial charge in [0.15, 0.2) is 4.90 Å². The van der Waals surface area contributed by atoms with Crippen LogP contribution in [0.3, 0.4) is 0 Å². The minimum absolute atomic E-state index is 0.0370. The van der Waals surface area contributed by atoms with Gasteiger partial charge in [-0.1, -0.05) is 19.9 Å². The van der Waals surface area contributed by atoms with Crippen LogP contribution in [0.5, 0.6) is 0 Å². The highest BCUT2D eigenvalue weighted by molar-refractivity contribution is 7.92. The van der Waals surface area contributed by atoms with Crippen molar-refractivity contribution in [3.63, 3.8) is 0 Å². The molecule has 0 spiro atoms. The molecule has 0 atom stereocenters. The number of carbonyl (C=O) groups is 1. The van der Waals surface area contributed by atoms with Crippen molar-refractivity contribution in [3.05, 3.63) is 53.6 Å². The fourth-order valence-corrected chi connectivity index (χ4v) is 4.39. The van der Waals surface area contributed by atoms with Crippen molar-refractivity contribution in [1.29, 1.82) is 0 Å². The van der Waals surface area contributed by atoms with Crippen LogP contribution in [-0.2, 0) is 21.2 Å². The number of sulfonamides is 1. The molecule has 0 radical (unpaired) electrons. The van der Waals surface area contributed by atoms with Crippen LogP contribution in [-0.4, -0.2) is 20.9 Å². The second kappa shape index (κ2) is 7.87. The second-order valence-corrected chi connectivity index (χ2v) is 8.85. The van der Waals surface area contributed by atoms with Gasteiger partial charge in [0, 0.05) is 24.3 Å². The monoisotopic (exact) mass is 408 g/mol. The zero-order valence-corrected chi connectivity index (χ0v) is 16.5. The molecule has 0 aromatic heterocycles. The van der Waals surface area contributed by atoms with Crippen LogP contribution in [0.15, 0.2) is 41.3 Å². The van der Waals surface area contributed by atoms with Crippen molar-refractivity contribution in [2.75, 3.05) is 16.2 Å². The summed E-state index contributed by atoms with van der Waals surface area (Å²) in [5.74, 6) is -1.83. The summed E-state index contributed by atoms with van der Waals surface area (Å²) in [4.78, 5) is 13.0. The van der Waals surface area contributed by atoms with E-state index in [9.17, 15) is 22.0 Å². The van der Waals surface area contributed by atoms with E-state index in [1.54, 1.807) is 17.0 Å². The Hall–Kier alpha value is -2.48. The molecule has 0 fully saturated rings. The molecular weight excluding hydrogens is 386 g/mol. The maximum Gasteiger partial charge on any atom is 0.267 e. The first-order valence-electron chi connectivity index (χ1n) is 9.09. The molecule has 2 aromatic rings. The van der Waals surface area contributed by atoms with Gasteiger partial charge in [-0.05, 0) is 54.7 Å². The Morgan fingerprint density at radius 1 is 1.11 bits per heavy atom. The Labute approximate surface area is 163 Å². The number of halogens is 2. The minimum Gasteiger partial charge on any atom is -0.312 e. The van der Waals surface area contributed by atoms with Gasteiger partial charge < -0.3 is 4.90 Å². The number of nitrogens with one attached hydrogen (secondary N) is 1. The van der Waals surface area contributed by atoms with Crippen LogP contribution in [0, 0.1) is 17.6 Å². The van der Waals surface area contributed by atoms with Gasteiger partial charge in [-0.3, -0.25) is 9.52 Å². The van der Waals surface area contributed by atoms with E-state index in [4.69, 9.17) is 0 Å². The molecule has 0 aliphatic carbocycles. The van der Waals surface area contributed by atoms with Crippen molar-refractivity contribution < 1.29 is 22.0 Å². The third kappa shape index (κ3) is 4.16. The quantitative estimate of drug-likeness (QED) is 0.783. The van der Waals surface area contributed by atoms with Gasteiger partial charge in [-0.15, -0.1) is 0 Å². The number of carbonyl (C=O) groups excluding carboxylic acids is 1. The molecule has 5 nitrogen and oxygen atoms in total. The van der Waals surface area contributed by atoms with Gasteiger partial charge in [0.05, 0.1) is 0 Å². The number of hydrogen-bond donors (Lipinski definition) is 1. The van der Waals surface area contributed by atoms with Crippen LogP contribution >= 0.6 is 0 Å². The van der Waals surface area contributed by atoms with Gasteiger partial charge in [-0.2, -0.15) is 0 Å². The number of amides is 1. The van der Waals surface area contributed by atoms with E-state index in [1.807, 2.05) is 0 Å². The molecular formula is C20H22F2N2O3S. The van der Waals surface area contributed by atoms with E-state index in [0.29, 0.717) is 25.3 Å². The third-order valence-corrected chi connectivity index (χ3v) is 6.08. The predicted molar refractivity (Wildman–Crippen MR) is 104 cm³/mol. The molecule has 28 heavy (non-hydrogen) atoms. The number of anilines is 2. The van der Waals surface area contributed by atoms with Gasteiger partial charge >= 0.3 is 0 Å². The molecule has 0 bridgehead atoms. The van der Waals surface area contributed by atoms with Crippen LogP contribution in [0.25, 0.3) is 0 Å². The van der Waals surface area contributed by atoms with Crippen molar-refractivity contribution in [1.82, 2.24) is 0 Å². The topological polar surface area (TPSA) is 66.5 Å². The Kier molecular flexibility index (Phi) is 5.69. The van der Waals surface area contributed by atoms with E-state index in [1.165, 1.54) is 6.07 Å². The molecule has 150 valence electrons. The Bertz CT molecular complexity index is 986. The Morgan fingerprint density at radius 3 is 2.43 bits per heavy atom. The molecule has 0 saturated carbocycles. The third-order valence-electron chi connectivity index (χ3n) is 4.65. The lowest BCUT2D eigenvalue weighted by atomic mass is 9.99. The lowest BCUT2D eigenvalue weighted by Crippen LogP contribution is -2.36. The number of fused-ring (bicyclic) bond motifs is 1. The Balaban J connectivity index is 1.89. The highest BCUT2D eigenvalue weighted by Crippen LogP contribution is 2.32. The lowest BCUT2D eigenvalue weighted by molar-refractivity contribution is -0.118. The molecule has 1 N–H and O–H groups in total. The molecule has 2 aromatic carbocycles. The van der Waals surface area contributed by atoms with Crippen molar-refractivity contribution in [3.8, 4) is 0 Å². The maximum absolute atomic E-state index is 13.9. The first kappa shape index (κ1) is 20.3. The van der Waals surface area contributed by atoms with Crippen LogP contribution in [0.4, 0.5) is 20.2 Å². The number of rotatable bonds is 6. The first-order valence-corrected chi connectivity index (χ1v) is 10.6. The number of hydrogen-bond acceptors (Lipinski definition) is 3. The van der Waals surface area contributed by atoms with E-state index in [0.717, 1.165) is 35.9 Å². The van der Waals surface area contributed by atoms with Crippen LogP contribution in [0.2, 0.25) is 0 Å². The summed E-state index contributed by atoms with van der Waals surface area (Å²) in [7, 11) is -4.43. The van der Waals surface area contributed by atoms with Crippen LogP contribution in [0.1, 0.15) is 32.3 Å². The standard InChI is InChI=1S/C20H22F2N2O3S/c1-13(2)10-11-24-18-8-7-15(12-14(18)6-9-19(24)25)23-28(26,27)20-16(21)4-3-5-17(20)22/h3-5,7-8,12-13,23H,6,9-11H2,1-2H3. The highest BCUT2D eigenvalue weighted by Gasteiger charge is 2.27. The molecule has 8 heteroatoms. The minimum atomic E-state index is -4.43. The van der Waals surface area contributed by atoms with Crippen LogP contribution < -0.4 is 9.62 Å². The summed E-state index contributed by atoms with van der Waals surface area (Å²) in [6, 6.07) is 7.66. The first-order chi connectivity index (χ1) is 13.2. The van der Waals surface area contributed by atoms with Crippen molar-refractivity contribution in [2.24, 2.45) is 5.92 Å². The largest absolute Gasteiger partial charge is 0.312 e. The highest BCUT2D eigenvalue weighted by atomic mass is 32.2. The van der Waals surface area contributed by atoms with E-state index < -0.39 is 26.6 Å². The van der Waals surface area contributed by atoms with Crippen molar-refractivity contribution in [2.45, 2.75) is 38.0 Å². The molecule has 3 rings (SSSR count). The van der Waals surface area contributed by atoms with Gasteiger partial charge in [0.25, 0.3) is 10.0 Å². The average molecular weight is 408 g/mol. The fraction of sp³-hybridized carbons (Fsp3) is 0.350. The summed E-state index contributed by atoms with van der Waals surface area (Å²) < 4.78 is 54.9. The number of benzene rings is 2. The Morgan fingerprint density at radius 2 is 1.79 bits per heavy atom. The second-order valence-electron chi connectivity index (χ2n) is 7.23. The summed E-state index contributed by atoms with van der Waals surface area (Å²) >= 11 is 0. The predicted octanol–water partition coefficient (Wildman–Crippen LogP) is 4.09. The molecule has 1 amide bonds. The molecule has 1 aliphatic heterocycles. The van der Waals surface area contributed by atoms with E-state index >= 15 is 0 Å². The zero-order chi connectivity index (χ0) is 20.5. The van der Waals surface area contributed by atoms with E-state index in [-0.39, 0.29) is 11.6 Å². The molecule has 0 unspecified atom stereocenters. The normalized spacial score (nSPS) is 14.3. The lowest BCUT2D eigenvalue weighted by Gasteiger charge is -2.30. The van der Waals surface area contributed by atoms with Gasteiger partial charge in [-0.25, -0.2) is 17.2 Å². The molecule has 1 aliphatic rings. The SMILES string of the molecule is CC(C)CCN1C(=O)CCc2cc(NS(=O)(=O)c3c(F)cccc3F)ccc21. The summed E-state index contributed by atoms with van der Waals surface area (Å²) in [6.07, 6.45) is 1.67. The fourth-order valence-electron chi connectivity index (χ4n) is 3.20. The van der Waals surface area contributed by atoms with Gasteiger partial charge in [0.2, 0.25) is 5.91 Å². The van der Waals surface area contributed by atoms with Crippen molar-refractivity contribution >= 4 is 27.3 Å². The number of aryl methyl sites for hydroxylation is 1. The number of nitrogens with zero attached hydrogens (tertiary/aromatic N) is 1. The zero-order valence-electron chi connectivity index (χ0n) is 15.7. The van der Waals surface area contributed by atoms with Gasteiger partial charge in [0.1, 0.15) is 11.6 Å². The summed E-state index contributed by atoms with van der Waals surface area (Å²) in [5, 5.41) is 0. The maximum atomic E-state index is 13.9.